The number of rotatable bonds is 7. The lowest BCUT2D eigenvalue weighted by molar-refractivity contribution is -0.138. The maximum absolute atomic E-state index is 9.57. The number of carbonyl (C=O) groups is 1. The van der Waals surface area contributed by atoms with Gasteiger partial charge >= 0.3 is 5.97 Å². The molecule has 0 aromatic rings. The van der Waals surface area contributed by atoms with Crippen LogP contribution in [0.3, 0.4) is 0 Å². The Balaban J connectivity index is 0. The van der Waals surface area contributed by atoms with Gasteiger partial charge in [-0.2, -0.15) is 0 Å². The third kappa shape index (κ3) is 13.3. The van der Waals surface area contributed by atoms with Gasteiger partial charge in [-0.05, 0) is 6.92 Å². The second-order valence-corrected chi connectivity index (χ2v) is 3.14. The number of carboxylic acids is 1. The molecule has 0 rings (SSSR count). The summed E-state index contributed by atoms with van der Waals surface area (Å²) in [6.45, 7) is 3.17. The SMILES string of the molecule is CC(N)C(=O)O.OCCN(CCO)CCO. The zero-order chi connectivity index (χ0) is 13.0. The minimum Gasteiger partial charge on any atom is -0.480 e. The van der Waals surface area contributed by atoms with Crippen LogP contribution in [-0.2, 0) is 4.79 Å². The van der Waals surface area contributed by atoms with E-state index in [1.54, 1.807) is 4.90 Å². The van der Waals surface area contributed by atoms with E-state index < -0.39 is 12.0 Å². The predicted octanol–water partition coefficient (Wildman–Crippen LogP) is -2.32. The van der Waals surface area contributed by atoms with Gasteiger partial charge in [0.25, 0.3) is 0 Å². The first kappa shape index (κ1) is 17.7. The zero-order valence-electron chi connectivity index (χ0n) is 9.54. The summed E-state index contributed by atoms with van der Waals surface area (Å²) >= 11 is 0. The fourth-order valence-corrected chi connectivity index (χ4v) is 0.760. The van der Waals surface area contributed by atoms with Crippen LogP contribution in [0.2, 0.25) is 0 Å². The first-order chi connectivity index (χ1) is 7.49. The highest BCUT2D eigenvalue weighted by Gasteiger charge is 2.00. The largest absolute Gasteiger partial charge is 0.480 e. The molecular formula is C9H22N2O5. The molecule has 0 fully saturated rings. The summed E-state index contributed by atoms with van der Waals surface area (Å²) in [6, 6.07) is -0.731. The highest BCUT2D eigenvalue weighted by atomic mass is 16.4. The molecule has 0 amide bonds. The zero-order valence-corrected chi connectivity index (χ0v) is 9.54. The van der Waals surface area contributed by atoms with Crippen LogP contribution in [0.1, 0.15) is 6.92 Å². The molecule has 1 unspecified atom stereocenters. The van der Waals surface area contributed by atoms with E-state index in [1.807, 2.05) is 0 Å². The molecule has 0 aliphatic carbocycles. The third-order valence-electron chi connectivity index (χ3n) is 1.64. The number of aliphatic carboxylic acids is 1. The molecule has 0 bridgehead atoms. The normalized spacial score (nSPS) is 11.9. The lowest BCUT2D eigenvalue weighted by Gasteiger charge is -2.17. The molecule has 6 N–H and O–H groups in total. The van der Waals surface area contributed by atoms with Gasteiger partial charge in [-0.25, -0.2) is 0 Å². The molecule has 0 radical (unpaired) electrons. The topological polar surface area (TPSA) is 127 Å². The van der Waals surface area contributed by atoms with Gasteiger partial charge in [-0.1, -0.05) is 0 Å². The van der Waals surface area contributed by atoms with Gasteiger partial charge in [0, 0.05) is 19.6 Å². The smallest absolute Gasteiger partial charge is 0.320 e. The van der Waals surface area contributed by atoms with Crippen LogP contribution in [0, 0.1) is 0 Å². The molecule has 16 heavy (non-hydrogen) atoms. The number of aliphatic hydroxyl groups excluding tert-OH is 3. The van der Waals surface area contributed by atoms with E-state index in [0.717, 1.165) is 0 Å². The van der Waals surface area contributed by atoms with Crippen molar-refractivity contribution in [3.63, 3.8) is 0 Å². The van der Waals surface area contributed by atoms with Crippen molar-refractivity contribution in [3.8, 4) is 0 Å². The van der Waals surface area contributed by atoms with Gasteiger partial charge in [0.15, 0.2) is 0 Å². The van der Waals surface area contributed by atoms with E-state index in [1.165, 1.54) is 6.92 Å². The number of nitrogens with two attached hydrogens (primary N) is 1. The highest BCUT2D eigenvalue weighted by molar-refractivity contribution is 5.72. The summed E-state index contributed by atoms with van der Waals surface area (Å²) in [5.74, 6) is -0.963. The Labute approximate surface area is 95.1 Å². The van der Waals surface area contributed by atoms with Gasteiger partial charge in [-0.15, -0.1) is 0 Å². The molecule has 0 heterocycles. The van der Waals surface area contributed by atoms with E-state index in [-0.39, 0.29) is 19.8 Å². The number of carboxylic acid groups (broad SMARTS) is 1. The second-order valence-electron chi connectivity index (χ2n) is 3.14. The average molecular weight is 238 g/mol. The fraction of sp³-hybridized carbons (Fsp3) is 0.889. The Morgan fingerprint density at radius 1 is 1.12 bits per heavy atom. The standard InChI is InChI=1S/C6H15NO3.C3H7NO2/c8-4-1-7(2-5-9)3-6-10;1-2(4)3(5)6/h8-10H,1-6H2;2H,4H2,1H3,(H,5,6). The summed E-state index contributed by atoms with van der Waals surface area (Å²) < 4.78 is 0. The summed E-state index contributed by atoms with van der Waals surface area (Å²) in [6.07, 6.45) is 0. The number of hydrogen-bond donors (Lipinski definition) is 5. The van der Waals surface area contributed by atoms with Crippen LogP contribution < -0.4 is 5.73 Å². The lowest BCUT2D eigenvalue weighted by Crippen LogP contribution is -2.32. The second kappa shape index (κ2) is 12.3. The summed E-state index contributed by atoms with van der Waals surface area (Å²) in [5, 5.41) is 33.3. The Morgan fingerprint density at radius 3 is 1.50 bits per heavy atom. The Bertz CT molecular complexity index is 152. The van der Waals surface area contributed by atoms with Crippen LogP contribution in [0.4, 0.5) is 0 Å². The van der Waals surface area contributed by atoms with Crippen LogP contribution in [0.5, 0.6) is 0 Å². The molecule has 0 aromatic heterocycles. The Hall–Kier alpha value is -0.730. The first-order valence-corrected chi connectivity index (χ1v) is 5.02. The van der Waals surface area contributed by atoms with E-state index in [9.17, 15) is 4.79 Å². The summed E-state index contributed by atoms with van der Waals surface area (Å²) in [4.78, 5) is 11.4. The predicted molar refractivity (Wildman–Crippen MR) is 59.0 cm³/mol. The van der Waals surface area contributed by atoms with Crippen molar-refractivity contribution in [2.45, 2.75) is 13.0 Å². The monoisotopic (exact) mass is 238 g/mol. The number of nitrogens with zero attached hydrogens (tertiary/aromatic N) is 1. The van der Waals surface area contributed by atoms with E-state index in [2.05, 4.69) is 0 Å². The minimum atomic E-state index is -0.963. The van der Waals surface area contributed by atoms with Gasteiger partial charge in [0.1, 0.15) is 6.04 Å². The van der Waals surface area contributed by atoms with Crippen molar-refractivity contribution in [3.05, 3.63) is 0 Å². The molecule has 98 valence electrons. The van der Waals surface area contributed by atoms with Gasteiger partial charge in [-0.3, -0.25) is 9.69 Å². The molecule has 0 aliphatic rings. The maximum atomic E-state index is 9.57. The van der Waals surface area contributed by atoms with Crippen molar-refractivity contribution >= 4 is 5.97 Å². The molecule has 1 atom stereocenters. The highest BCUT2D eigenvalue weighted by Crippen LogP contribution is 1.84. The van der Waals surface area contributed by atoms with Crippen molar-refractivity contribution < 1.29 is 25.2 Å². The van der Waals surface area contributed by atoms with Crippen LogP contribution in [-0.4, -0.2) is 76.8 Å². The van der Waals surface area contributed by atoms with Crippen molar-refractivity contribution in [1.29, 1.82) is 0 Å². The quantitative estimate of drug-likeness (QED) is 0.337. The third-order valence-corrected chi connectivity index (χ3v) is 1.64. The van der Waals surface area contributed by atoms with Crippen LogP contribution >= 0.6 is 0 Å². The van der Waals surface area contributed by atoms with Gasteiger partial charge < -0.3 is 26.2 Å². The molecular weight excluding hydrogens is 216 g/mol. The number of aliphatic hydroxyl groups is 3. The van der Waals surface area contributed by atoms with Crippen LogP contribution in [0.25, 0.3) is 0 Å². The molecule has 7 nitrogen and oxygen atoms in total. The van der Waals surface area contributed by atoms with E-state index in [4.69, 9.17) is 26.2 Å². The van der Waals surface area contributed by atoms with Gasteiger partial charge in [0.2, 0.25) is 0 Å². The summed E-state index contributed by atoms with van der Waals surface area (Å²) in [5.41, 5.74) is 4.84. The lowest BCUT2D eigenvalue weighted by atomic mass is 10.4. The first-order valence-electron chi connectivity index (χ1n) is 5.02. The van der Waals surface area contributed by atoms with Crippen molar-refractivity contribution in [2.24, 2.45) is 5.73 Å². The molecule has 7 heteroatoms. The summed E-state index contributed by atoms with van der Waals surface area (Å²) in [7, 11) is 0. The van der Waals surface area contributed by atoms with Crippen LogP contribution in [0.15, 0.2) is 0 Å². The molecule has 0 aromatic carbocycles. The molecule has 0 aliphatic heterocycles. The average Bonchev–Trinajstić information content (AvgIpc) is 2.19. The maximum Gasteiger partial charge on any atom is 0.320 e. The molecule has 0 saturated carbocycles. The van der Waals surface area contributed by atoms with E-state index >= 15 is 0 Å². The fourth-order valence-electron chi connectivity index (χ4n) is 0.760. The Morgan fingerprint density at radius 2 is 1.38 bits per heavy atom. The Kier molecular flexibility index (Phi) is 13.6. The van der Waals surface area contributed by atoms with Crippen molar-refractivity contribution in [1.82, 2.24) is 4.90 Å². The number of hydrogen-bond acceptors (Lipinski definition) is 6. The van der Waals surface area contributed by atoms with E-state index in [0.29, 0.717) is 19.6 Å². The molecule has 0 saturated heterocycles. The van der Waals surface area contributed by atoms with Crippen molar-refractivity contribution in [2.75, 3.05) is 39.5 Å². The minimum absolute atomic E-state index is 0.0694. The molecule has 0 spiro atoms. The van der Waals surface area contributed by atoms with Gasteiger partial charge in [0.05, 0.1) is 19.8 Å².